The Labute approximate surface area is 175 Å². The molecular formula is C21H24Cl2N4O. The molecule has 1 atom stereocenters. The second-order valence-electron chi connectivity index (χ2n) is 7.61. The summed E-state index contributed by atoms with van der Waals surface area (Å²) in [6.45, 7) is 1.92. The van der Waals surface area contributed by atoms with E-state index in [0.29, 0.717) is 21.4 Å². The fraction of sp³-hybridized carbons (Fsp3) is 0.429. The normalized spacial score (nSPS) is 19.9. The molecule has 0 spiro atoms. The first-order valence-electron chi connectivity index (χ1n) is 9.71. The summed E-state index contributed by atoms with van der Waals surface area (Å²) in [5.74, 6) is 0.722. The number of nitrogens with zero attached hydrogens (tertiary/aromatic N) is 3. The van der Waals surface area contributed by atoms with Gasteiger partial charge in [0.05, 0.1) is 11.8 Å². The van der Waals surface area contributed by atoms with Gasteiger partial charge in [0, 0.05) is 23.8 Å². The molecule has 1 unspecified atom stereocenters. The number of carbonyl (C=O) groups excluding carboxylic acids is 1. The minimum absolute atomic E-state index is 0.0270. The van der Waals surface area contributed by atoms with Crippen LogP contribution in [0.15, 0.2) is 41.7 Å². The minimum atomic E-state index is -0.374. The summed E-state index contributed by atoms with van der Waals surface area (Å²) in [5.41, 5.74) is 2.39. The monoisotopic (exact) mass is 418 g/mol. The van der Waals surface area contributed by atoms with Crippen LogP contribution in [-0.2, 0) is 4.79 Å². The molecule has 1 aliphatic carbocycles. The number of allylic oxidation sites excluding steroid dienone is 1. The molecule has 1 amide bonds. The fourth-order valence-corrected chi connectivity index (χ4v) is 4.69. The Balaban J connectivity index is 1.78. The Bertz CT molecular complexity index is 930. The molecule has 4 rings (SSSR count). The summed E-state index contributed by atoms with van der Waals surface area (Å²) >= 11 is 12.6. The van der Waals surface area contributed by atoms with Gasteiger partial charge in [-0.15, -0.1) is 0 Å². The number of benzene rings is 1. The number of carbonyl (C=O) groups is 1. The van der Waals surface area contributed by atoms with Crippen LogP contribution in [0, 0.1) is 0 Å². The lowest BCUT2D eigenvalue weighted by atomic mass is 9.91. The number of aromatic nitrogens is 2. The lowest BCUT2D eigenvalue weighted by Crippen LogP contribution is -2.42. The van der Waals surface area contributed by atoms with E-state index < -0.39 is 0 Å². The highest BCUT2D eigenvalue weighted by Crippen LogP contribution is 2.40. The first kappa shape index (κ1) is 19.3. The maximum Gasteiger partial charge on any atom is 0.254 e. The van der Waals surface area contributed by atoms with E-state index in [4.69, 9.17) is 23.2 Å². The molecule has 0 radical (unpaired) electrons. The first-order valence-corrected chi connectivity index (χ1v) is 10.5. The van der Waals surface area contributed by atoms with Crippen LogP contribution in [-0.4, -0.2) is 33.7 Å². The second kappa shape index (κ2) is 7.80. The third-order valence-corrected chi connectivity index (χ3v) is 6.33. The number of hydrogen-bond donors (Lipinski definition) is 1. The highest BCUT2D eigenvalue weighted by Gasteiger charge is 2.36. The molecule has 148 valence electrons. The number of nitrogens with one attached hydrogen (secondary N) is 1. The van der Waals surface area contributed by atoms with Crippen molar-refractivity contribution in [2.75, 3.05) is 12.4 Å². The molecule has 2 aliphatic rings. The smallest absolute Gasteiger partial charge is 0.254 e. The molecule has 0 bridgehead atoms. The number of fused-ring (bicyclic) bond motifs is 1. The number of likely N-dealkylation sites (N-methyl/N-ethyl adjacent to an activating group) is 1. The summed E-state index contributed by atoms with van der Waals surface area (Å²) in [7, 11) is 1.92. The van der Waals surface area contributed by atoms with Crippen LogP contribution in [0.5, 0.6) is 0 Å². The highest BCUT2D eigenvalue weighted by atomic mass is 35.5. The Kier molecular flexibility index (Phi) is 5.39. The molecule has 0 saturated heterocycles. The van der Waals surface area contributed by atoms with Crippen molar-refractivity contribution in [3.05, 3.63) is 57.3 Å². The van der Waals surface area contributed by atoms with Crippen molar-refractivity contribution in [2.45, 2.75) is 51.1 Å². The lowest BCUT2D eigenvalue weighted by molar-refractivity contribution is -0.129. The minimum Gasteiger partial charge on any atom is -0.342 e. The van der Waals surface area contributed by atoms with Crippen LogP contribution in [0.2, 0.25) is 10.0 Å². The SMILES string of the molecule is CC1=C(C(=O)N(C)C2CCCCC2)C(c2cccc(Cl)c2)n2ncc(Cl)c2N1. The summed E-state index contributed by atoms with van der Waals surface area (Å²) in [6.07, 6.45) is 7.32. The third-order valence-electron chi connectivity index (χ3n) is 5.82. The van der Waals surface area contributed by atoms with E-state index in [2.05, 4.69) is 10.4 Å². The quantitative estimate of drug-likeness (QED) is 0.738. The summed E-state index contributed by atoms with van der Waals surface area (Å²) < 4.78 is 1.78. The molecule has 1 aromatic carbocycles. The van der Waals surface area contributed by atoms with E-state index in [0.717, 1.165) is 24.1 Å². The van der Waals surface area contributed by atoms with Crippen molar-refractivity contribution in [3.8, 4) is 0 Å². The van der Waals surface area contributed by atoms with Crippen LogP contribution < -0.4 is 5.32 Å². The van der Waals surface area contributed by atoms with Crippen LogP contribution >= 0.6 is 23.2 Å². The molecule has 1 aliphatic heterocycles. The lowest BCUT2D eigenvalue weighted by Gasteiger charge is -2.36. The number of rotatable bonds is 3. The van der Waals surface area contributed by atoms with Crippen LogP contribution in [0.25, 0.3) is 0 Å². The van der Waals surface area contributed by atoms with Crippen molar-refractivity contribution < 1.29 is 4.79 Å². The largest absolute Gasteiger partial charge is 0.342 e. The molecule has 2 aromatic rings. The Morgan fingerprint density at radius 1 is 1.25 bits per heavy atom. The van der Waals surface area contributed by atoms with Gasteiger partial charge in [-0.25, -0.2) is 4.68 Å². The number of anilines is 1. The van der Waals surface area contributed by atoms with Crippen LogP contribution in [0.1, 0.15) is 50.6 Å². The zero-order valence-electron chi connectivity index (χ0n) is 16.1. The van der Waals surface area contributed by atoms with Gasteiger partial charge in [-0.1, -0.05) is 54.6 Å². The fourth-order valence-electron chi connectivity index (χ4n) is 4.31. The molecule has 1 saturated carbocycles. The standard InChI is InChI=1S/C21H24Cl2N4O/c1-13-18(21(28)26(2)16-9-4-3-5-10-16)19(14-7-6-8-15(22)11-14)27-20(25-13)17(23)12-24-27/h6-8,11-12,16,19,25H,3-5,9-10H2,1-2H3. The van der Waals surface area contributed by atoms with Gasteiger partial charge in [0.25, 0.3) is 5.91 Å². The number of hydrogen-bond acceptors (Lipinski definition) is 3. The van der Waals surface area contributed by atoms with Crippen molar-refractivity contribution in [1.29, 1.82) is 0 Å². The van der Waals surface area contributed by atoms with E-state index in [1.165, 1.54) is 19.3 Å². The maximum absolute atomic E-state index is 13.6. The highest BCUT2D eigenvalue weighted by molar-refractivity contribution is 6.33. The summed E-state index contributed by atoms with van der Waals surface area (Å²) in [5, 5.41) is 8.89. The number of amides is 1. The van der Waals surface area contributed by atoms with Gasteiger partial charge < -0.3 is 10.2 Å². The zero-order chi connectivity index (χ0) is 19.8. The van der Waals surface area contributed by atoms with E-state index in [1.54, 1.807) is 10.9 Å². The Morgan fingerprint density at radius 3 is 2.71 bits per heavy atom. The molecular weight excluding hydrogens is 395 g/mol. The molecule has 7 heteroatoms. The zero-order valence-corrected chi connectivity index (χ0v) is 17.6. The van der Waals surface area contributed by atoms with Gasteiger partial charge in [-0.05, 0) is 37.5 Å². The molecule has 2 heterocycles. The van der Waals surface area contributed by atoms with Crippen molar-refractivity contribution in [1.82, 2.24) is 14.7 Å². The van der Waals surface area contributed by atoms with E-state index in [1.807, 2.05) is 43.1 Å². The molecule has 28 heavy (non-hydrogen) atoms. The average Bonchev–Trinajstić information content (AvgIpc) is 3.07. The first-order chi connectivity index (χ1) is 13.5. The van der Waals surface area contributed by atoms with Crippen LogP contribution in [0.3, 0.4) is 0 Å². The van der Waals surface area contributed by atoms with Crippen LogP contribution in [0.4, 0.5) is 5.82 Å². The van der Waals surface area contributed by atoms with E-state index in [-0.39, 0.29) is 18.0 Å². The van der Waals surface area contributed by atoms with Gasteiger partial charge in [0.15, 0.2) is 0 Å². The Morgan fingerprint density at radius 2 is 2.00 bits per heavy atom. The third kappa shape index (κ3) is 3.42. The van der Waals surface area contributed by atoms with Gasteiger partial charge >= 0.3 is 0 Å². The van der Waals surface area contributed by atoms with E-state index >= 15 is 0 Å². The molecule has 1 aromatic heterocycles. The number of halogens is 2. The molecule has 5 nitrogen and oxygen atoms in total. The predicted molar refractivity (Wildman–Crippen MR) is 113 cm³/mol. The van der Waals surface area contributed by atoms with Gasteiger partial charge in [-0.2, -0.15) is 5.10 Å². The van der Waals surface area contributed by atoms with Gasteiger partial charge in [-0.3, -0.25) is 4.79 Å². The predicted octanol–water partition coefficient (Wildman–Crippen LogP) is 5.27. The van der Waals surface area contributed by atoms with Crippen molar-refractivity contribution >= 4 is 34.9 Å². The Hall–Kier alpha value is -1.98. The topological polar surface area (TPSA) is 50.2 Å². The van der Waals surface area contributed by atoms with E-state index in [9.17, 15) is 4.79 Å². The van der Waals surface area contributed by atoms with Gasteiger partial charge in [0.2, 0.25) is 0 Å². The molecule has 1 fully saturated rings. The maximum atomic E-state index is 13.6. The van der Waals surface area contributed by atoms with Gasteiger partial charge in [0.1, 0.15) is 16.9 Å². The van der Waals surface area contributed by atoms with Crippen molar-refractivity contribution in [3.63, 3.8) is 0 Å². The van der Waals surface area contributed by atoms with Crippen molar-refractivity contribution in [2.24, 2.45) is 0 Å². The second-order valence-corrected chi connectivity index (χ2v) is 8.46. The average molecular weight is 419 g/mol. The summed E-state index contributed by atoms with van der Waals surface area (Å²) in [6, 6.07) is 7.49. The molecule has 1 N–H and O–H groups in total. The summed E-state index contributed by atoms with van der Waals surface area (Å²) in [4.78, 5) is 15.5.